The fourth-order valence-electron chi connectivity index (χ4n) is 1.91. The fraction of sp³-hybridized carbons (Fsp3) is 0.571. The summed E-state index contributed by atoms with van der Waals surface area (Å²) in [5.74, 6) is 0.0288. The molecule has 0 aromatic heterocycles. The van der Waals surface area contributed by atoms with Crippen molar-refractivity contribution in [2.45, 2.75) is 44.6 Å². The van der Waals surface area contributed by atoms with Crippen molar-refractivity contribution in [3.8, 4) is 0 Å². The molecule has 3 N–H and O–H groups in total. The monoisotopic (exact) mass is 302 g/mol. The quantitative estimate of drug-likeness (QED) is 0.724. The summed E-state index contributed by atoms with van der Waals surface area (Å²) in [6.45, 7) is 4.67. The lowest BCUT2D eigenvalue weighted by Gasteiger charge is -2.11. The van der Waals surface area contributed by atoms with Gasteiger partial charge in [-0.1, -0.05) is 32.8 Å². The van der Waals surface area contributed by atoms with E-state index < -0.39 is 15.8 Å². The molecule has 0 spiro atoms. The van der Waals surface area contributed by atoms with Crippen LogP contribution in [0.2, 0.25) is 0 Å². The molecule has 1 rings (SSSR count). The number of unbranched alkanes of at least 4 members (excludes halogenated alkanes) is 1. The van der Waals surface area contributed by atoms with Gasteiger partial charge in [-0.3, -0.25) is 0 Å². The highest BCUT2D eigenvalue weighted by Crippen LogP contribution is 2.17. The van der Waals surface area contributed by atoms with Crippen LogP contribution in [-0.4, -0.2) is 15.0 Å². The maximum absolute atomic E-state index is 13.2. The zero-order valence-corrected chi connectivity index (χ0v) is 12.8. The topological polar surface area (TPSA) is 72.2 Å². The lowest BCUT2D eigenvalue weighted by atomic mass is 10.1. The highest BCUT2D eigenvalue weighted by Gasteiger charge is 2.18. The summed E-state index contributed by atoms with van der Waals surface area (Å²) in [5, 5.41) is 0. The molecule has 0 unspecified atom stereocenters. The standard InChI is InChI=1S/C14H23FN2O2S/c1-11(2)5-3-4-8-17-20(18,19)14-9-13(15)7-6-12(14)10-16/h6-7,9,11,17H,3-5,8,10,16H2,1-2H3. The van der Waals surface area contributed by atoms with Gasteiger partial charge in [0.2, 0.25) is 10.0 Å². The van der Waals surface area contributed by atoms with Gasteiger partial charge >= 0.3 is 0 Å². The maximum atomic E-state index is 13.2. The van der Waals surface area contributed by atoms with E-state index in [1.165, 1.54) is 12.1 Å². The van der Waals surface area contributed by atoms with Crippen LogP contribution in [0.4, 0.5) is 4.39 Å². The minimum atomic E-state index is -3.70. The third-order valence-electron chi connectivity index (χ3n) is 3.04. The van der Waals surface area contributed by atoms with Crippen molar-refractivity contribution >= 4 is 10.0 Å². The first-order valence-corrected chi connectivity index (χ1v) is 8.33. The third kappa shape index (κ3) is 5.19. The Morgan fingerprint density at radius 1 is 1.30 bits per heavy atom. The normalized spacial score (nSPS) is 12.1. The maximum Gasteiger partial charge on any atom is 0.240 e. The van der Waals surface area contributed by atoms with E-state index in [2.05, 4.69) is 18.6 Å². The first-order chi connectivity index (χ1) is 9.36. The van der Waals surface area contributed by atoms with Gasteiger partial charge in [0.25, 0.3) is 0 Å². The van der Waals surface area contributed by atoms with Crippen molar-refractivity contribution in [3.05, 3.63) is 29.6 Å². The number of hydrogen-bond acceptors (Lipinski definition) is 3. The molecule has 20 heavy (non-hydrogen) atoms. The first kappa shape index (κ1) is 17.1. The Hall–Kier alpha value is -0.980. The Bertz CT molecular complexity index is 530. The molecule has 0 fully saturated rings. The molecule has 114 valence electrons. The second-order valence-electron chi connectivity index (χ2n) is 5.24. The summed E-state index contributed by atoms with van der Waals surface area (Å²) in [6.07, 6.45) is 2.80. The summed E-state index contributed by atoms with van der Waals surface area (Å²) in [7, 11) is -3.70. The molecule has 4 nitrogen and oxygen atoms in total. The van der Waals surface area contributed by atoms with Crippen LogP contribution in [0, 0.1) is 11.7 Å². The van der Waals surface area contributed by atoms with E-state index in [9.17, 15) is 12.8 Å². The van der Waals surface area contributed by atoms with Gasteiger partial charge in [-0.15, -0.1) is 0 Å². The van der Waals surface area contributed by atoms with Crippen molar-refractivity contribution in [3.63, 3.8) is 0 Å². The van der Waals surface area contributed by atoms with Gasteiger partial charge in [-0.25, -0.2) is 17.5 Å². The van der Waals surface area contributed by atoms with E-state index in [-0.39, 0.29) is 11.4 Å². The lowest BCUT2D eigenvalue weighted by Crippen LogP contribution is -2.26. The molecule has 0 saturated heterocycles. The molecule has 0 heterocycles. The van der Waals surface area contributed by atoms with Gasteiger partial charge in [-0.05, 0) is 30.0 Å². The molecule has 0 atom stereocenters. The Morgan fingerprint density at radius 3 is 2.60 bits per heavy atom. The molecule has 0 radical (unpaired) electrons. The number of benzene rings is 1. The van der Waals surface area contributed by atoms with Crippen LogP contribution in [0.5, 0.6) is 0 Å². The van der Waals surface area contributed by atoms with Gasteiger partial charge in [0.15, 0.2) is 0 Å². The van der Waals surface area contributed by atoms with E-state index in [0.717, 1.165) is 25.3 Å². The number of nitrogens with one attached hydrogen (secondary N) is 1. The van der Waals surface area contributed by atoms with E-state index >= 15 is 0 Å². The Kier molecular flexibility index (Phi) is 6.58. The average Bonchev–Trinajstić information content (AvgIpc) is 2.37. The summed E-state index contributed by atoms with van der Waals surface area (Å²) in [4.78, 5) is -0.0659. The average molecular weight is 302 g/mol. The number of rotatable bonds is 8. The molecule has 1 aromatic carbocycles. The van der Waals surface area contributed by atoms with Crippen molar-refractivity contribution in [1.82, 2.24) is 4.72 Å². The highest BCUT2D eigenvalue weighted by molar-refractivity contribution is 7.89. The summed E-state index contributed by atoms with van der Waals surface area (Å²) < 4.78 is 40.0. The van der Waals surface area contributed by atoms with Gasteiger partial charge in [-0.2, -0.15) is 0 Å². The number of sulfonamides is 1. The molecule has 0 aliphatic carbocycles. The molecule has 0 saturated carbocycles. The second-order valence-corrected chi connectivity index (χ2v) is 6.98. The van der Waals surface area contributed by atoms with Crippen molar-refractivity contribution in [2.75, 3.05) is 6.54 Å². The summed E-state index contributed by atoms with van der Waals surface area (Å²) in [6, 6.07) is 3.63. The van der Waals surface area contributed by atoms with Crippen LogP contribution in [0.15, 0.2) is 23.1 Å². The molecule has 0 bridgehead atoms. The van der Waals surface area contributed by atoms with Crippen molar-refractivity contribution in [2.24, 2.45) is 11.7 Å². The first-order valence-electron chi connectivity index (χ1n) is 6.85. The van der Waals surface area contributed by atoms with Crippen LogP contribution in [-0.2, 0) is 16.6 Å². The van der Waals surface area contributed by atoms with Crippen LogP contribution in [0.1, 0.15) is 38.7 Å². The van der Waals surface area contributed by atoms with Crippen molar-refractivity contribution < 1.29 is 12.8 Å². The fourth-order valence-corrected chi connectivity index (χ4v) is 3.24. The molecule has 1 aromatic rings. The second kappa shape index (κ2) is 7.71. The molecular weight excluding hydrogens is 279 g/mol. The Morgan fingerprint density at radius 2 is 2.00 bits per heavy atom. The molecule has 6 heteroatoms. The third-order valence-corrected chi connectivity index (χ3v) is 4.58. The van der Waals surface area contributed by atoms with Gasteiger partial charge in [0, 0.05) is 13.1 Å². The number of nitrogens with two attached hydrogens (primary N) is 1. The Labute approximate surface area is 120 Å². The van der Waals surface area contributed by atoms with E-state index in [1.807, 2.05) is 0 Å². The molecular formula is C14H23FN2O2S. The van der Waals surface area contributed by atoms with Crippen LogP contribution in [0.25, 0.3) is 0 Å². The number of halogens is 1. The lowest BCUT2D eigenvalue weighted by molar-refractivity contribution is 0.530. The molecule has 0 amide bonds. The van der Waals surface area contributed by atoms with Gasteiger partial charge in [0.1, 0.15) is 5.82 Å². The van der Waals surface area contributed by atoms with Crippen LogP contribution in [0.3, 0.4) is 0 Å². The zero-order valence-electron chi connectivity index (χ0n) is 12.0. The summed E-state index contributed by atoms with van der Waals surface area (Å²) >= 11 is 0. The Balaban J connectivity index is 2.67. The summed E-state index contributed by atoms with van der Waals surface area (Å²) in [5.41, 5.74) is 5.91. The smallest absolute Gasteiger partial charge is 0.240 e. The van der Waals surface area contributed by atoms with E-state index in [1.54, 1.807) is 0 Å². The van der Waals surface area contributed by atoms with E-state index in [4.69, 9.17) is 5.73 Å². The van der Waals surface area contributed by atoms with Crippen LogP contribution < -0.4 is 10.5 Å². The van der Waals surface area contributed by atoms with Gasteiger partial charge < -0.3 is 5.73 Å². The highest BCUT2D eigenvalue weighted by atomic mass is 32.2. The van der Waals surface area contributed by atoms with Crippen molar-refractivity contribution in [1.29, 1.82) is 0 Å². The SMILES string of the molecule is CC(C)CCCCNS(=O)(=O)c1cc(F)ccc1CN. The predicted molar refractivity (Wildman–Crippen MR) is 78.2 cm³/mol. The minimum Gasteiger partial charge on any atom is -0.326 e. The predicted octanol–water partition coefficient (Wildman–Crippen LogP) is 2.39. The zero-order chi connectivity index (χ0) is 15.2. The largest absolute Gasteiger partial charge is 0.326 e. The van der Waals surface area contributed by atoms with Crippen LogP contribution >= 0.6 is 0 Å². The van der Waals surface area contributed by atoms with E-state index in [0.29, 0.717) is 18.0 Å². The number of hydrogen-bond donors (Lipinski definition) is 2. The molecule has 0 aliphatic rings. The molecule has 0 aliphatic heterocycles. The minimum absolute atomic E-state index is 0.0594. The van der Waals surface area contributed by atoms with Gasteiger partial charge in [0.05, 0.1) is 4.90 Å².